The molecule has 1 aromatic carbocycles. The van der Waals surface area contributed by atoms with Gasteiger partial charge in [-0.25, -0.2) is 0 Å². The molecule has 3 amide bonds. The Morgan fingerprint density at radius 3 is 2.46 bits per heavy atom. The Balaban J connectivity index is 1.51. The lowest BCUT2D eigenvalue weighted by Crippen LogP contribution is -2.44. The Hall–Kier alpha value is -2.42. The predicted octanol–water partition coefficient (Wildman–Crippen LogP) is 2.50. The molecule has 28 heavy (non-hydrogen) atoms. The average Bonchev–Trinajstić information content (AvgIpc) is 3.22. The summed E-state index contributed by atoms with van der Waals surface area (Å²) in [4.78, 5) is 35.8. The summed E-state index contributed by atoms with van der Waals surface area (Å²) in [7, 11) is 0. The quantitative estimate of drug-likeness (QED) is 0.769. The van der Waals surface area contributed by atoms with Crippen molar-refractivity contribution in [3.05, 3.63) is 29.8 Å². The summed E-state index contributed by atoms with van der Waals surface area (Å²) < 4.78 is 45.6. The van der Waals surface area contributed by atoms with E-state index in [2.05, 4.69) is 10.6 Å². The van der Waals surface area contributed by atoms with Crippen LogP contribution in [0.2, 0.25) is 0 Å². The number of halogens is 3. The molecule has 4 atom stereocenters. The molecule has 2 bridgehead atoms. The van der Waals surface area contributed by atoms with Crippen molar-refractivity contribution in [1.29, 1.82) is 0 Å². The number of imide groups is 1. The van der Waals surface area contributed by atoms with Crippen molar-refractivity contribution in [2.45, 2.75) is 50.0 Å². The third-order valence-corrected chi connectivity index (χ3v) is 5.72. The summed E-state index contributed by atoms with van der Waals surface area (Å²) in [5.74, 6) is -4.86. The van der Waals surface area contributed by atoms with Gasteiger partial charge in [0.25, 0.3) is 0 Å². The highest BCUT2D eigenvalue weighted by Crippen LogP contribution is 2.50. The molecule has 0 spiro atoms. The zero-order valence-corrected chi connectivity index (χ0v) is 14.8. The van der Waals surface area contributed by atoms with Gasteiger partial charge in [-0.2, -0.15) is 13.2 Å². The summed E-state index contributed by atoms with van der Waals surface area (Å²) in [5.41, 5.74) is 1.02. The lowest BCUT2D eigenvalue weighted by Gasteiger charge is -2.28. The third kappa shape index (κ3) is 3.50. The maximum absolute atomic E-state index is 13.4. The Morgan fingerprint density at radius 2 is 1.79 bits per heavy atom. The molecule has 1 aromatic rings. The third-order valence-electron chi connectivity index (χ3n) is 5.72. The van der Waals surface area contributed by atoms with Crippen molar-refractivity contribution >= 4 is 23.4 Å². The molecule has 3 aliphatic rings. The van der Waals surface area contributed by atoms with Crippen LogP contribution in [0.1, 0.15) is 37.2 Å². The highest BCUT2D eigenvalue weighted by atomic mass is 19.4. The first-order chi connectivity index (χ1) is 13.2. The van der Waals surface area contributed by atoms with Crippen molar-refractivity contribution in [3.63, 3.8) is 0 Å². The van der Waals surface area contributed by atoms with Crippen LogP contribution in [0.15, 0.2) is 24.3 Å². The Labute approximate surface area is 158 Å². The minimum Gasteiger partial charge on any atom is -0.373 e. The van der Waals surface area contributed by atoms with Gasteiger partial charge in [0, 0.05) is 24.4 Å². The van der Waals surface area contributed by atoms with Gasteiger partial charge in [0.15, 0.2) is 0 Å². The lowest BCUT2D eigenvalue weighted by atomic mass is 9.78. The van der Waals surface area contributed by atoms with Crippen LogP contribution in [-0.4, -0.2) is 36.1 Å². The highest BCUT2D eigenvalue weighted by molar-refractivity contribution is 5.98. The van der Waals surface area contributed by atoms with Crippen molar-refractivity contribution in [2.24, 2.45) is 11.8 Å². The topological polar surface area (TPSA) is 84.5 Å². The molecule has 0 aliphatic carbocycles. The van der Waals surface area contributed by atoms with Gasteiger partial charge < -0.3 is 10.1 Å². The summed E-state index contributed by atoms with van der Waals surface area (Å²) in [6.07, 6.45) is -5.16. The van der Waals surface area contributed by atoms with Crippen molar-refractivity contribution in [2.75, 3.05) is 5.32 Å². The number of piperidine rings is 1. The number of alkyl halides is 3. The zero-order chi connectivity index (χ0) is 20.1. The van der Waals surface area contributed by atoms with Gasteiger partial charge in [0.1, 0.15) is 0 Å². The first kappa shape index (κ1) is 18.9. The molecule has 3 aliphatic heterocycles. The summed E-state index contributed by atoms with van der Waals surface area (Å²) in [6.45, 7) is 0. The van der Waals surface area contributed by atoms with Crippen LogP contribution >= 0.6 is 0 Å². The molecule has 3 heterocycles. The smallest absolute Gasteiger partial charge is 0.373 e. The van der Waals surface area contributed by atoms with Gasteiger partial charge in [-0.05, 0) is 30.5 Å². The van der Waals surface area contributed by atoms with Crippen LogP contribution in [0.25, 0.3) is 0 Å². The number of hydrogen-bond donors (Lipinski definition) is 2. The normalized spacial score (nSPS) is 30.4. The van der Waals surface area contributed by atoms with E-state index < -0.39 is 36.1 Å². The predicted molar refractivity (Wildman–Crippen MR) is 91.1 cm³/mol. The molecule has 9 heteroatoms. The number of hydrogen-bond acceptors (Lipinski definition) is 4. The molecule has 150 valence electrons. The van der Waals surface area contributed by atoms with E-state index in [1.165, 1.54) is 0 Å². The van der Waals surface area contributed by atoms with Crippen LogP contribution in [-0.2, 0) is 19.1 Å². The van der Waals surface area contributed by atoms with E-state index in [0.29, 0.717) is 24.1 Å². The van der Waals surface area contributed by atoms with Crippen LogP contribution in [0, 0.1) is 11.8 Å². The molecule has 2 N–H and O–H groups in total. The van der Waals surface area contributed by atoms with E-state index in [9.17, 15) is 27.6 Å². The molecular weight excluding hydrogens is 377 g/mol. The molecule has 0 aromatic heterocycles. The average molecular weight is 396 g/mol. The number of fused-ring (bicyclic) bond motifs is 2. The molecule has 6 nitrogen and oxygen atoms in total. The SMILES string of the molecule is O=C1CC(c2cccc(NC(=O)C3C4CCC(O4)C3C(F)(F)F)c2)CC(=O)N1. The second kappa shape index (κ2) is 6.88. The van der Waals surface area contributed by atoms with E-state index in [4.69, 9.17) is 4.74 Å². The minimum atomic E-state index is -4.50. The molecule has 0 radical (unpaired) electrons. The first-order valence-electron chi connectivity index (χ1n) is 9.18. The van der Waals surface area contributed by atoms with Gasteiger partial charge in [0.2, 0.25) is 17.7 Å². The molecule has 4 unspecified atom stereocenters. The van der Waals surface area contributed by atoms with E-state index >= 15 is 0 Å². The molecule has 4 rings (SSSR count). The zero-order valence-electron chi connectivity index (χ0n) is 14.8. The summed E-state index contributed by atoms with van der Waals surface area (Å²) in [6, 6.07) is 6.54. The van der Waals surface area contributed by atoms with Crippen molar-refractivity contribution < 1.29 is 32.3 Å². The second-order valence-electron chi connectivity index (χ2n) is 7.57. The number of ether oxygens (including phenoxy) is 1. The maximum atomic E-state index is 13.4. The van der Waals surface area contributed by atoms with Crippen LogP contribution in [0.5, 0.6) is 0 Å². The number of anilines is 1. The number of benzene rings is 1. The molecule has 0 saturated carbocycles. The van der Waals surface area contributed by atoms with Crippen LogP contribution in [0.3, 0.4) is 0 Å². The van der Waals surface area contributed by atoms with E-state index in [1.54, 1.807) is 24.3 Å². The second-order valence-corrected chi connectivity index (χ2v) is 7.57. The number of rotatable bonds is 3. The van der Waals surface area contributed by atoms with Gasteiger partial charge >= 0.3 is 6.18 Å². The largest absolute Gasteiger partial charge is 0.395 e. The number of carbonyl (C=O) groups is 3. The Kier molecular flexibility index (Phi) is 4.65. The Bertz CT molecular complexity index is 810. The van der Waals surface area contributed by atoms with E-state index in [-0.39, 0.29) is 30.6 Å². The fourth-order valence-corrected chi connectivity index (χ4v) is 4.54. The fraction of sp³-hybridized carbons (Fsp3) is 0.526. The van der Waals surface area contributed by atoms with Gasteiger partial charge in [-0.15, -0.1) is 0 Å². The molecular formula is C19H19F3N2O4. The van der Waals surface area contributed by atoms with Gasteiger partial charge in [-0.3, -0.25) is 19.7 Å². The van der Waals surface area contributed by atoms with E-state index in [0.717, 1.165) is 0 Å². The standard InChI is InChI=1S/C19H19F3N2O4/c20-19(21,22)17-13-5-4-12(28-13)16(17)18(27)23-11-3-1-2-9(6-11)10-7-14(25)24-15(26)8-10/h1-3,6,10,12-13,16-17H,4-5,7-8H2,(H,23,27)(H,24,25,26). The van der Waals surface area contributed by atoms with Crippen molar-refractivity contribution in [3.8, 4) is 0 Å². The number of carbonyl (C=O) groups excluding carboxylic acids is 3. The lowest BCUT2D eigenvalue weighted by molar-refractivity contribution is -0.196. The van der Waals surface area contributed by atoms with Gasteiger partial charge in [-0.1, -0.05) is 12.1 Å². The highest BCUT2D eigenvalue weighted by Gasteiger charge is 2.62. The molecule has 3 saturated heterocycles. The van der Waals surface area contributed by atoms with Gasteiger partial charge in [0.05, 0.1) is 24.0 Å². The van der Waals surface area contributed by atoms with Crippen molar-refractivity contribution in [1.82, 2.24) is 5.32 Å². The van der Waals surface area contributed by atoms with E-state index in [1.807, 2.05) is 0 Å². The number of amides is 3. The summed E-state index contributed by atoms with van der Waals surface area (Å²) >= 11 is 0. The molecule has 3 fully saturated rings. The fourth-order valence-electron chi connectivity index (χ4n) is 4.54. The number of nitrogens with one attached hydrogen (secondary N) is 2. The summed E-state index contributed by atoms with van der Waals surface area (Å²) in [5, 5.41) is 4.80. The minimum absolute atomic E-state index is 0.138. The first-order valence-corrected chi connectivity index (χ1v) is 9.18. The van der Waals surface area contributed by atoms with Crippen LogP contribution in [0.4, 0.5) is 18.9 Å². The Morgan fingerprint density at radius 1 is 1.11 bits per heavy atom. The maximum Gasteiger partial charge on any atom is 0.395 e. The van der Waals surface area contributed by atoms with Crippen LogP contribution < -0.4 is 10.6 Å². The monoisotopic (exact) mass is 396 g/mol.